The number of carbonyl (C=O) groups excluding carboxylic acids is 2. The van der Waals surface area contributed by atoms with Crippen LogP contribution in [0.2, 0.25) is 0 Å². The lowest BCUT2D eigenvalue weighted by molar-refractivity contribution is -0.164. The predicted molar refractivity (Wildman–Crippen MR) is 83.2 cm³/mol. The summed E-state index contributed by atoms with van der Waals surface area (Å²) in [7, 11) is 0. The Hall–Kier alpha value is -2.83. The number of anilines is 1. The Morgan fingerprint density at radius 3 is 2.04 bits per heavy atom. The molecule has 0 saturated carbocycles. The van der Waals surface area contributed by atoms with Gasteiger partial charge in [0.2, 0.25) is 0 Å². The van der Waals surface area contributed by atoms with E-state index in [0.717, 1.165) is 5.56 Å². The zero-order valence-electron chi connectivity index (χ0n) is 12.7. The van der Waals surface area contributed by atoms with E-state index in [-0.39, 0.29) is 5.56 Å². The summed E-state index contributed by atoms with van der Waals surface area (Å²) < 4.78 is 39.5. The molecule has 24 heavy (non-hydrogen) atoms. The van der Waals surface area contributed by atoms with Crippen molar-refractivity contribution in [1.29, 1.82) is 0 Å². The average Bonchev–Trinajstić information content (AvgIpc) is 2.54. The number of alkyl halides is 3. The molecule has 2 aromatic rings. The van der Waals surface area contributed by atoms with Gasteiger partial charge in [-0.15, -0.1) is 0 Å². The highest BCUT2D eigenvalue weighted by Crippen LogP contribution is 2.32. The number of halogens is 3. The van der Waals surface area contributed by atoms with E-state index in [9.17, 15) is 22.8 Å². The molecule has 2 aromatic carbocycles. The van der Waals surface area contributed by atoms with Crippen molar-refractivity contribution in [2.24, 2.45) is 0 Å². The van der Waals surface area contributed by atoms with E-state index in [0.29, 0.717) is 5.69 Å². The van der Waals surface area contributed by atoms with Crippen molar-refractivity contribution in [2.75, 3.05) is 5.32 Å². The van der Waals surface area contributed by atoms with Crippen LogP contribution >= 0.6 is 0 Å². The van der Waals surface area contributed by atoms with E-state index < -0.39 is 24.0 Å². The first-order valence-corrected chi connectivity index (χ1v) is 7.07. The fourth-order valence-corrected chi connectivity index (χ4v) is 2.02. The summed E-state index contributed by atoms with van der Waals surface area (Å²) in [4.78, 5) is 23.6. The lowest BCUT2D eigenvalue weighted by Gasteiger charge is -2.21. The lowest BCUT2D eigenvalue weighted by Crippen LogP contribution is -2.43. The van der Waals surface area contributed by atoms with Crippen molar-refractivity contribution in [3.63, 3.8) is 0 Å². The van der Waals surface area contributed by atoms with Gasteiger partial charge in [0.1, 0.15) is 0 Å². The average molecular weight is 336 g/mol. The molecule has 0 fully saturated rings. The Morgan fingerprint density at radius 2 is 1.50 bits per heavy atom. The minimum Gasteiger partial charge on any atom is -0.332 e. The maximum atomic E-state index is 13.2. The number of nitrogens with one attached hydrogen (secondary N) is 2. The van der Waals surface area contributed by atoms with Gasteiger partial charge >= 0.3 is 18.0 Å². The van der Waals surface area contributed by atoms with Crippen LogP contribution in [0.3, 0.4) is 0 Å². The number of rotatable bonds is 3. The Labute approximate surface area is 136 Å². The topological polar surface area (TPSA) is 58.2 Å². The van der Waals surface area contributed by atoms with Gasteiger partial charge < -0.3 is 10.6 Å². The summed E-state index contributed by atoms with van der Waals surface area (Å²) in [6.07, 6.45) is -4.72. The maximum Gasteiger partial charge on any atom is 0.412 e. The Morgan fingerprint density at radius 1 is 0.917 bits per heavy atom. The van der Waals surface area contributed by atoms with E-state index >= 15 is 0 Å². The second-order valence-corrected chi connectivity index (χ2v) is 5.18. The molecule has 0 aliphatic carbocycles. The molecule has 7 heteroatoms. The molecule has 1 atom stereocenters. The standard InChI is InChI=1S/C17H15F3N2O2/c1-11-7-9-13(10-8-11)21-15(23)16(24)22-14(17(18,19)20)12-5-3-2-4-6-12/h2-10,14H,1H3,(H,21,23)(H,22,24)/t14-/m0/s1. The van der Waals surface area contributed by atoms with Crippen molar-refractivity contribution in [3.05, 3.63) is 65.7 Å². The third-order valence-electron chi connectivity index (χ3n) is 3.25. The summed E-state index contributed by atoms with van der Waals surface area (Å²) in [6.45, 7) is 1.84. The molecule has 0 spiro atoms. The molecule has 0 bridgehead atoms. The van der Waals surface area contributed by atoms with Crippen molar-refractivity contribution in [1.82, 2.24) is 5.32 Å². The molecule has 0 heterocycles. The van der Waals surface area contributed by atoms with Gasteiger partial charge in [0.05, 0.1) is 0 Å². The molecular weight excluding hydrogens is 321 g/mol. The van der Waals surface area contributed by atoms with Gasteiger partial charge in [-0.05, 0) is 24.6 Å². The molecule has 0 aliphatic heterocycles. The van der Waals surface area contributed by atoms with Crippen LogP contribution < -0.4 is 10.6 Å². The fraction of sp³-hybridized carbons (Fsp3) is 0.176. The Kier molecular flexibility index (Phi) is 5.23. The summed E-state index contributed by atoms with van der Waals surface area (Å²) in [6, 6.07) is 11.1. The molecular formula is C17H15F3N2O2. The second kappa shape index (κ2) is 7.16. The van der Waals surface area contributed by atoms with E-state index in [1.165, 1.54) is 24.3 Å². The van der Waals surface area contributed by atoms with Gasteiger partial charge in [0, 0.05) is 5.69 Å². The summed E-state index contributed by atoms with van der Waals surface area (Å²) >= 11 is 0. The van der Waals surface area contributed by atoms with E-state index in [2.05, 4.69) is 5.32 Å². The van der Waals surface area contributed by atoms with Gasteiger partial charge in [-0.2, -0.15) is 13.2 Å². The molecule has 4 nitrogen and oxygen atoms in total. The summed E-state index contributed by atoms with van der Waals surface area (Å²) in [5, 5.41) is 3.99. The quantitative estimate of drug-likeness (QED) is 0.845. The first-order chi connectivity index (χ1) is 11.3. The molecule has 2 N–H and O–H groups in total. The Balaban J connectivity index is 2.10. The molecule has 0 unspecified atom stereocenters. The van der Waals surface area contributed by atoms with Crippen LogP contribution in [0, 0.1) is 6.92 Å². The zero-order chi connectivity index (χ0) is 17.7. The molecule has 0 saturated heterocycles. The largest absolute Gasteiger partial charge is 0.412 e. The van der Waals surface area contributed by atoms with Crippen LogP contribution in [0.5, 0.6) is 0 Å². The maximum absolute atomic E-state index is 13.2. The van der Waals surface area contributed by atoms with Crippen molar-refractivity contribution in [3.8, 4) is 0 Å². The van der Waals surface area contributed by atoms with E-state index in [1.807, 2.05) is 6.92 Å². The van der Waals surface area contributed by atoms with Crippen LogP contribution in [0.15, 0.2) is 54.6 Å². The van der Waals surface area contributed by atoms with Gasteiger partial charge in [0.25, 0.3) is 0 Å². The minimum atomic E-state index is -4.72. The molecule has 2 rings (SSSR count). The SMILES string of the molecule is Cc1ccc(NC(=O)C(=O)N[C@@H](c2ccccc2)C(F)(F)F)cc1. The van der Waals surface area contributed by atoms with Gasteiger partial charge in [-0.1, -0.05) is 48.0 Å². The fourth-order valence-electron chi connectivity index (χ4n) is 2.02. The van der Waals surface area contributed by atoms with Crippen LogP contribution in [-0.2, 0) is 9.59 Å². The van der Waals surface area contributed by atoms with Crippen molar-refractivity contribution in [2.45, 2.75) is 19.1 Å². The van der Waals surface area contributed by atoms with E-state index in [1.54, 1.807) is 35.6 Å². The van der Waals surface area contributed by atoms with Gasteiger partial charge in [-0.3, -0.25) is 9.59 Å². The summed E-state index contributed by atoms with van der Waals surface area (Å²) in [5.74, 6) is -2.52. The van der Waals surface area contributed by atoms with Crippen molar-refractivity contribution >= 4 is 17.5 Å². The van der Waals surface area contributed by atoms with Gasteiger partial charge in [-0.25, -0.2) is 0 Å². The zero-order valence-corrected chi connectivity index (χ0v) is 12.7. The van der Waals surface area contributed by atoms with Crippen LogP contribution in [0.25, 0.3) is 0 Å². The highest BCUT2D eigenvalue weighted by Gasteiger charge is 2.42. The number of hydrogen-bond donors (Lipinski definition) is 2. The number of hydrogen-bond acceptors (Lipinski definition) is 2. The molecule has 0 aliphatic rings. The minimum absolute atomic E-state index is 0.151. The van der Waals surface area contributed by atoms with Crippen LogP contribution in [0.1, 0.15) is 17.2 Å². The molecule has 126 valence electrons. The predicted octanol–water partition coefficient (Wildman–Crippen LogP) is 3.35. The number of benzene rings is 2. The lowest BCUT2D eigenvalue weighted by atomic mass is 10.1. The highest BCUT2D eigenvalue weighted by atomic mass is 19.4. The van der Waals surface area contributed by atoms with Crippen LogP contribution in [-0.4, -0.2) is 18.0 Å². The third-order valence-corrected chi connectivity index (χ3v) is 3.25. The normalized spacial score (nSPS) is 12.3. The van der Waals surface area contributed by atoms with Crippen LogP contribution in [0.4, 0.5) is 18.9 Å². The third kappa shape index (κ3) is 4.58. The highest BCUT2D eigenvalue weighted by molar-refractivity contribution is 6.39. The van der Waals surface area contributed by atoms with Gasteiger partial charge in [0.15, 0.2) is 6.04 Å². The van der Waals surface area contributed by atoms with Crippen molar-refractivity contribution < 1.29 is 22.8 Å². The monoisotopic (exact) mass is 336 g/mol. The first kappa shape index (κ1) is 17.5. The number of aryl methyl sites for hydroxylation is 1. The summed E-state index contributed by atoms with van der Waals surface area (Å²) in [5.41, 5.74) is 1.11. The smallest absolute Gasteiger partial charge is 0.332 e. The second-order valence-electron chi connectivity index (χ2n) is 5.18. The Bertz CT molecular complexity index is 713. The molecule has 0 radical (unpaired) electrons. The molecule has 2 amide bonds. The number of carbonyl (C=O) groups is 2. The van der Waals surface area contributed by atoms with E-state index in [4.69, 9.17) is 0 Å². The first-order valence-electron chi connectivity index (χ1n) is 7.07. The number of amides is 2. The molecule has 0 aromatic heterocycles.